The standard InChI is InChI=1S/C27H25NO7/c1-30-20-12-10-18(15-25(20)34-5)19(16-28)13-17-9-11-21(24(14-17)33-4)35-27(29)26-22(31-2)7-6-8-23(26)32-3/h6-15H,1-5H3/b19-13-. The summed E-state index contributed by atoms with van der Waals surface area (Å²) in [5.41, 5.74) is 1.88. The van der Waals surface area contributed by atoms with Gasteiger partial charge in [0.2, 0.25) is 0 Å². The van der Waals surface area contributed by atoms with E-state index in [2.05, 4.69) is 6.07 Å². The summed E-state index contributed by atoms with van der Waals surface area (Å²) in [7, 11) is 7.45. The Bertz CT molecular complexity index is 1270. The molecule has 0 aromatic heterocycles. The third kappa shape index (κ3) is 5.47. The molecular formula is C27H25NO7. The predicted molar refractivity (Wildman–Crippen MR) is 131 cm³/mol. The smallest absolute Gasteiger partial charge is 0.351 e. The van der Waals surface area contributed by atoms with Crippen molar-refractivity contribution in [2.24, 2.45) is 0 Å². The van der Waals surface area contributed by atoms with Crippen LogP contribution in [-0.2, 0) is 0 Å². The Balaban J connectivity index is 1.93. The molecule has 8 heteroatoms. The highest BCUT2D eigenvalue weighted by Crippen LogP contribution is 2.35. The van der Waals surface area contributed by atoms with Crippen LogP contribution in [0.15, 0.2) is 54.6 Å². The Labute approximate surface area is 203 Å². The first-order chi connectivity index (χ1) is 17.0. The summed E-state index contributed by atoms with van der Waals surface area (Å²) in [6, 6.07) is 17.4. The van der Waals surface area contributed by atoms with Crippen molar-refractivity contribution in [1.82, 2.24) is 0 Å². The minimum Gasteiger partial charge on any atom is -0.496 e. The van der Waals surface area contributed by atoms with Gasteiger partial charge in [0, 0.05) is 0 Å². The van der Waals surface area contributed by atoms with Gasteiger partial charge in [-0.2, -0.15) is 5.26 Å². The van der Waals surface area contributed by atoms with E-state index in [1.807, 2.05) is 0 Å². The average molecular weight is 475 g/mol. The van der Waals surface area contributed by atoms with Gasteiger partial charge >= 0.3 is 5.97 Å². The van der Waals surface area contributed by atoms with Crippen LogP contribution in [-0.4, -0.2) is 41.5 Å². The second-order valence-electron chi connectivity index (χ2n) is 7.08. The zero-order chi connectivity index (χ0) is 25.4. The third-order valence-electron chi connectivity index (χ3n) is 5.15. The van der Waals surface area contributed by atoms with Crippen LogP contribution in [0.5, 0.6) is 34.5 Å². The SMILES string of the molecule is COc1ccc(/C(C#N)=C\c2ccc(OC(=O)c3c(OC)cccc3OC)c(OC)c2)cc1OC. The van der Waals surface area contributed by atoms with Crippen LogP contribution in [0.4, 0.5) is 0 Å². The van der Waals surface area contributed by atoms with Gasteiger partial charge in [0.15, 0.2) is 23.0 Å². The van der Waals surface area contributed by atoms with Crippen LogP contribution in [0.25, 0.3) is 11.6 Å². The summed E-state index contributed by atoms with van der Waals surface area (Å²) >= 11 is 0. The van der Waals surface area contributed by atoms with Crippen LogP contribution in [0.1, 0.15) is 21.5 Å². The second kappa shape index (κ2) is 11.5. The monoisotopic (exact) mass is 475 g/mol. The Morgan fingerprint density at radius 2 is 1.29 bits per heavy atom. The van der Waals surface area contributed by atoms with Crippen molar-refractivity contribution in [2.75, 3.05) is 35.5 Å². The van der Waals surface area contributed by atoms with Crippen molar-refractivity contribution < 1.29 is 33.2 Å². The number of rotatable bonds is 9. The lowest BCUT2D eigenvalue weighted by molar-refractivity contribution is 0.0722. The van der Waals surface area contributed by atoms with E-state index in [4.69, 9.17) is 28.4 Å². The highest BCUT2D eigenvalue weighted by molar-refractivity contribution is 5.97. The molecule has 0 saturated carbocycles. The van der Waals surface area contributed by atoms with E-state index >= 15 is 0 Å². The molecule has 3 aromatic carbocycles. The van der Waals surface area contributed by atoms with E-state index in [1.165, 1.54) is 28.4 Å². The number of esters is 1. The van der Waals surface area contributed by atoms with Crippen LogP contribution in [0, 0.1) is 11.3 Å². The molecule has 0 unspecified atom stereocenters. The molecule has 3 rings (SSSR count). The number of allylic oxidation sites excluding steroid dienone is 1. The van der Waals surface area contributed by atoms with Crippen LogP contribution in [0.3, 0.4) is 0 Å². The quantitative estimate of drug-likeness (QED) is 0.184. The lowest BCUT2D eigenvalue weighted by Gasteiger charge is -2.14. The summed E-state index contributed by atoms with van der Waals surface area (Å²) in [5, 5.41) is 9.74. The van der Waals surface area contributed by atoms with E-state index in [-0.39, 0.29) is 11.3 Å². The number of nitriles is 1. The van der Waals surface area contributed by atoms with Gasteiger partial charge in [-0.05, 0) is 59.7 Å². The molecule has 0 atom stereocenters. The molecule has 0 fully saturated rings. The summed E-state index contributed by atoms with van der Waals surface area (Å²) in [5.74, 6) is 1.57. The van der Waals surface area contributed by atoms with Gasteiger partial charge in [0.05, 0.1) is 47.2 Å². The molecule has 0 amide bonds. The van der Waals surface area contributed by atoms with Crippen molar-refractivity contribution in [2.45, 2.75) is 0 Å². The first-order valence-electron chi connectivity index (χ1n) is 10.4. The summed E-state index contributed by atoms with van der Waals surface area (Å²) in [4.78, 5) is 12.9. The van der Waals surface area contributed by atoms with Gasteiger partial charge < -0.3 is 28.4 Å². The van der Waals surface area contributed by atoms with E-state index in [1.54, 1.807) is 67.8 Å². The molecule has 0 aliphatic heterocycles. The van der Waals surface area contributed by atoms with Gasteiger partial charge in [-0.15, -0.1) is 0 Å². The number of nitrogens with zero attached hydrogens (tertiary/aromatic N) is 1. The number of methoxy groups -OCH3 is 5. The molecule has 0 radical (unpaired) electrons. The van der Waals surface area contributed by atoms with Crippen molar-refractivity contribution >= 4 is 17.6 Å². The minimum atomic E-state index is -0.663. The van der Waals surface area contributed by atoms with Crippen LogP contribution >= 0.6 is 0 Å². The Morgan fingerprint density at radius 3 is 1.86 bits per heavy atom. The van der Waals surface area contributed by atoms with E-state index in [9.17, 15) is 10.1 Å². The van der Waals surface area contributed by atoms with E-state index in [0.717, 1.165) is 0 Å². The largest absolute Gasteiger partial charge is 0.496 e. The van der Waals surface area contributed by atoms with Gasteiger partial charge in [-0.1, -0.05) is 12.1 Å². The second-order valence-corrected chi connectivity index (χ2v) is 7.08. The van der Waals surface area contributed by atoms with Gasteiger partial charge in [-0.25, -0.2) is 4.79 Å². The average Bonchev–Trinajstić information content (AvgIpc) is 2.91. The highest BCUT2D eigenvalue weighted by Gasteiger charge is 2.22. The zero-order valence-corrected chi connectivity index (χ0v) is 20.1. The number of ether oxygens (including phenoxy) is 6. The molecule has 0 N–H and O–H groups in total. The minimum absolute atomic E-state index is 0.156. The van der Waals surface area contributed by atoms with Gasteiger partial charge in [-0.3, -0.25) is 0 Å². The van der Waals surface area contributed by atoms with E-state index in [0.29, 0.717) is 45.4 Å². The molecule has 8 nitrogen and oxygen atoms in total. The summed E-state index contributed by atoms with van der Waals surface area (Å²) < 4.78 is 32.2. The third-order valence-corrected chi connectivity index (χ3v) is 5.15. The fourth-order valence-electron chi connectivity index (χ4n) is 3.41. The molecule has 0 spiro atoms. The molecule has 0 saturated heterocycles. The fourth-order valence-corrected chi connectivity index (χ4v) is 3.41. The number of carbonyl (C=O) groups is 1. The number of hydrogen-bond acceptors (Lipinski definition) is 8. The lowest BCUT2D eigenvalue weighted by Crippen LogP contribution is -2.12. The summed E-state index contributed by atoms with van der Waals surface area (Å²) in [6.45, 7) is 0. The fraction of sp³-hybridized carbons (Fsp3) is 0.185. The molecule has 0 bridgehead atoms. The molecule has 0 heterocycles. The van der Waals surface area contributed by atoms with E-state index < -0.39 is 5.97 Å². The maximum absolute atomic E-state index is 12.9. The Kier molecular flexibility index (Phi) is 8.20. The summed E-state index contributed by atoms with van der Waals surface area (Å²) in [6.07, 6.45) is 1.69. The zero-order valence-electron chi connectivity index (χ0n) is 20.1. The number of benzene rings is 3. The first kappa shape index (κ1) is 25.0. The Hall–Kier alpha value is -4.64. The molecule has 180 valence electrons. The number of carbonyl (C=O) groups excluding carboxylic acids is 1. The molecular weight excluding hydrogens is 450 g/mol. The maximum atomic E-state index is 12.9. The molecule has 0 aliphatic rings. The maximum Gasteiger partial charge on any atom is 0.351 e. The van der Waals surface area contributed by atoms with Crippen LogP contribution in [0.2, 0.25) is 0 Å². The predicted octanol–water partition coefficient (Wildman–Crippen LogP) is 5.01. The van der Waals surface area contributed by atoms with Gasteiger partial charge in [0.1, 0.15) is 17.1 Å². The van der Waals surface area contributed by atoms with Crippen molar-refractivity contribution in [3.63, 3.8) is 0 Å². The normalized spacial score (nSPS) is 10.7. The highest BCUT2D eigenvalue weighted by atomic mass is 16.6. The molecule has 35 heavy (non-hydrogen) atoms. The van der Waals surface area contributed by atoms with Gasteiger partial charge in [0.25, 0.3) is 0 Å². The van der Waals surface area contributed by atoms with Crippen LogP contribution < -0.4 is 28.4 Å². The lowest BCUT2D eigenvalue weighted by atomic mass is 10.0. The number of hydrogen-bond donors (Lipinski definition) is 0. The van der Waals surface area contributed by atoms with Crippen molar-refractivity contribution in [1.29, 1.82) is 5.26 Å². The molecule has 0 aliphatic carbocycles. The molecule has 3 aromatic rings. The van der Waals surface area contributed by atoms with Crippen molar-refractivity contribution in [3.8, 4) is 40.6 Å². The van der Waals surface area contributed by atoms with Crippen molar-refractivity contribution in [3.05, 3.63) is 71.3 Å². The Morgan fingerprint density at radius 1 is 0.714 bits per heavy atom. The first-order valence-corrected chi connectivity index (χ1v) is 10.4. The topological polar surface area (TPSA) is 96.2 Å².